The molecule has 2 aromatic heterocycles. The van der Waals surface area contributed by atoms with Gasteiger partial charge < -0.3 is 41.3 Å². The molecule has 0 aliphatic rings. The van der Waals surface area contributed by atoms with Crippen molar-refractivity contribution in [1.82, 2.24) is 9.97 Å². The molecular weight excluding hydrogens is 787 g/mol. The fourth-order valence-electron chi connectivity index (χ4n) is 5.16. The van der Waals surface area contributed by atoms with Gasteiger partial charge in [-0.2, -0.15) is 0 Å². The Hall–Kier alpha value is -6.03. The SMILES string of the molecule is COC(=O)c1nc(C)c2ccc(Oc3ccc(C)cc3)cc2c1O.COC(=O)c1nc(COC(C)=O)c2ccc(Oc3ccc(C)cc3)cc2c1O.[CH3-].[Pd]. The zero-order chi connectivity index (χ0) is 37.5. The van der Waals surface area contributed by atoms with E-state index in [1.807, 2.05) is 68.4 Å². The van der Waals surface area contributed by atoms with Crippen molar-refractivity contribution in [1.29, 1.82) is 0 Å². The van der Waals surface area contributed by atoms with E-state index in [9.17, 15) is 24.6 Å². The molecule has 0 aliphatic carbocycles. The van der Waals surface area contributed by atoms with Crippen LogP contribution in [0.3, 0.4) is 0 Å². The molecule has 0 saturated carbocycles. The minimum Gasteiger partial charge on any atom is -0.505 e. The zero-order valence-electron chi connectivity index (χ0n) is 30.7. The molecule has 0 amide bonds. The average Bonchev–Trinajstić information content (AvgIpc) is 3.14. The summed E-state index contributed by atoms with van der Waals surface area (Å²) in [6.45, 7) is 6.88. The average molecular weight is 826 g/mol. The van der Waals surface area contributed by atoms with E-state index < -0.39 is 17.9 Å². The standard InChI is InChI=1S/C21H19NO6.C19H17NO4.CH3.Pd/c1-12-4-6-14(7-5-12)28-15-8-9-16-17(10-15)20(24)19(21(25)26-3)22-18(16)11-27-13(2)23;1-11-4-6-13(7-5-11)24-14-8-9-15-12(2)20-17(19(22)23-3)18(21)16(15)10-14;;/h4-10,24H,11H2,1-3H3;4-10,21H,1-3H3;1H3;/q;;-1;. The fourth-order valence-corrected chi connectivity index (χ4v) is 5.16. The minimum atomic E-state index is -0.798. The van der Waals surface area contributed by atoms with Gasteiger partial charge in [0.1, 0.15) is 29.6 Å². The Morgan fingerprint density at radius 1 is 0.593 bits per heavy atom. The Labute approximate surface area is 326 Å². The van der Waals surface area contributed by atoms with Crippen LogP contribution >= 0.6 is 0 Å². The van der Waals surface area contributed by atoms with E-state index in [-0.39, 0.29) is 57.3 Å². The molecule has 0 radical (unpaired) electrons. The normalized spacial score (nSPS) is 10.2. The number of aromatic nitrogens is 2. The summed E-state index contributed by atoms with van der Waals surface area (Å²) in [5.41, 5.74) is 2.84. The van der Waals surface area contributed by atoms with E-state index in [0.717, 1.165) is 16.5 Å². The number of aryl methyl sites for hydroxylation is 3. The number of methoxy groups -OCH3 is 2. The van der Waals surface area contributed by atoms with E-state index in [1.165, 1.54) is 21.1 Å². The number of aromatic hydroxyl groups is 2. The summed E-state index contributed by atoms with van der Waals surface area (Å²) in [5.74, 6) is -0.155. The maximum atomic E-state index is 12.0. The van der Waals surface area contributed by atoms with Crippen LogP contribution in [0.15, 0.2) is 84.9 Å². The Bertz CT molecular complexity index is 2290. The monoisotopic (exact) mass is 825 g/mol. The van der Waals surface area contributed by atoms with Crippen LogP contribution in [0.2, 0.25) is 0 Å². The second-order valence-electron chi connectivity index (χ2n) is 11.7. The first kappa shape index (κ1) is 42.4. The molecule has 4 aromatic carbocycles. The van der Waals surface area contributed by atoms with Gasteiger partial charge in [-0.3, -0.25) is 4.79 Å². The van der Waals surface area contributed by atoms with Gasteiger partial charge in [0.05, 0.1) is 19.9 Å². The van der Waals surface area contributed by atoms with Crippen molar-refractivity contribution in [3.63, 3.8) is 0 Å². The summed E-state index contributed by atoms with van der Waals surface area (Å²) in [6, 6.07) is 25.4. The van der Waals surface area contributed by atoms with Crippen LogP contribution in [-0.2, 0) is 46.0 Å². The summed E-state index contributed by atoms with van der Waals surface area (Å²) in [6.07, 6.45) is 0. The number of benzene rings is 4. The molecule has 12 nitrogen and oxygen atoms in total. The minimum absolute atomic E-state index is 0. The Balaban J connectivity index is 0.000000283. The van der Waals surface area contributed by atoms with Crippen molar-refractivity contribution < 1.29 is 68.7 Å². The summed E-state index contributed by atoms with van der Waals surface area (Å²) < 4.78 is 26.0. The maximum absolute atomic E-state index is 12.0. The van der Waals surface area contributed by atoms with Gasteiger partial charge >= 0.3 is 17.9 Å². The number of pyridine rings is 2. The number of hydrogen-bond acceptors (Lipinski definition) is 12. The largest absolute Gasteiger partial charge is 0.505 e. The first-order chi connectivity index (χ1) is 24.9. The number of esters is 3. The van der Waals surface area contributed by atoms with Gasteiger partial charge in [-0.25, -0.2) is 19.6 Å². The van der Waals surface area contributed by atoms with Gasteiger partial charge in [-0.05, 0) is 81.4 Å². The van der Waals surface area contributed by atoms with Crippen LogP contribution in [0.5, 0.6) is 34.5 Å². The predicted molar refractivity (Wildman–Crippen MR) is 199 cm³/mol. The number of fused-ring (bicyclic) bond motifs is 2. The molecule has 2 heterocycles. The van der Waals surface area contributed by atoms with Crippen LogP contribution in [0, 0.1) is 28.2 Å². The van der Waals surface area contributed by atoms with E-state index in [1.54, 1.807) is 37.3 Å². The molecule has 0 fully saturated rings. The van der Waals surface area contributed by atoms with Crippen molar-refractivity contribution in [2.24, 2.45) is 0 Å². The van der Waals surface area contributed by atoms with Crippen molar-refractivity contribution in [3.8, 4) is 34.5 Å². The predicted octanol–water partition coefficient (Wildman–Crippen LogP) is 8.47. The molecule has 284 valence electrons. The maximum Gasteiger partial charge on any atom is 0.360 e. The first-order valence-corrected chi connectivity index (χ1v) is 16.0. The molecule has 54 heavy (non-hydrogen) atoms. The van der Waals surface area contributed by atoms with Crippen LogP contribution in [0.1, 0.15) is 50.4 Å². The Morgan fingerprint density at radius 3 is 1.44 bits per heavy atom. The number of hydrogen-bond donors (Lipinski definition) is 2. The van der Waals surface area contributed by atoms with E-state index >= 15 is 0 Å². The van der Waals surface area contributed by atoms with Crippen LogP contribution < -0.4 is 9.47 Å². The van der Waals surface area contributed by atoms with Crippen molar-refractivity contribution in [2.45, 2.75) is 34.3 Å². The zero-order valence-corrected chi connectivity index (χ0v) is 32.2. The summed E-state index contributed by atoms with van der Waals surface area (Å²) in [7, 11) is 2.44. The van der Waals surface area contributed by atoms with E-state index in [0.29, 0.717) is 50.5 Å². The second kappa shape index (κ2) is 18.6. The number of nitrogens with zero attached hydrogens (tertiary/aromatic N) is 2. The van der Waals surface area contributed by atoms with Gasteiger partial charge in [0.25, 0.3) is 0 Å². The molecule has 6 aromatic rings. The molecule has 0 atom stereocenters. The number of carbonyl (C=O) groups excluding carboxylic acids is 3. The third-order valence-corrected chi connectivity index (χ3v) is 7.85. The van der Waals surface area contributed by atoms with Gasteiger partial charge in [0.2, 0.25) is 0 Å². The van der Waals surface area contributed by atoms with E-state index in [2.05, 4.69) is 19.4 Å². The summed E-state index contributed by atoms with van der Waals surface area (Å²) >= 11 is 0. The molecule has 0 saturated heterocycles. The van der Waals surface area contributed by atoms with Crippen molar-refractivity contribution in [3.05, 3.63) is 126 Å². The molecular formula is C41H39N2O10Pd-. The van der Waals surface area contributed by atoms with Crippen LogP contribution in [-0.4, -0.2) is 52.3 Å². The second-order valence-corrected chi connectivity index (χ2v) is 11.7. The summed E-state index contributed by atoms with van der Waals surface area (Å²) in [4.78, 5) is 43.2. The number of ether oxygens (including phenoxy) is 5. The quantitative estimate of drug-likeness (QED) is 0.0652. The molecule has 13 heteroatoms. The van der Waals surface area contributed by atoms with Gasteiger partial charge in [0, 0.05) is 54.6 Å². The third kappa shape index (κ3) is 9.89. The summed E-state index contributed by atoms with van der Waals surface area (Å²) in [5, 5.41) is 23.0. The molecule has 6 rings (SSSR count). The van der Waals surface area contributed by atoms with Gasteiger partial charge in [0.15, 0.2) is 22.9 Å². The number of carbonyl (C=O) groups is 3. The fraction of sp³-hybridized carbons (Fsp3) is 0.171. The molecule has 2 N–H and O–H groups in total. The Kier molecular flexibility index (Phi) is 14.6. The number of rotatable bonds is 8. The Morgan fingerprint density at radius 2 is 1.00 bits per heavy atom. The molecule has 0 unspecified atom stereocenters. The molecule has 0 aliphatic heterocycles. The molecule has 0 bridgehead atoms. The topological polar surface area (TPSA) is 164 Å². The smallest absolute Gasteiger partial charge is 0.360 e. The first-order valence-electron chi connectivity index (χ1n) is 16.0. The van der Waals surface area contributed by atoms with Gasteiger partial charge in [-0.15, -0.1) is 0 Å². The van der Waals surface area contributed by atoms with Crippen LogP contribution in [0.4, 0.5) is 0 Å². The molecule has 0 spiro atoms. The van der Waals surface area contributed by atoms with Crippen LogP contribution in [0.25, 0.3) is 21.5 Å². The van der Waals surface area contributed by atoms with Crippen molar-refractivity contribution in [2.75, 3.05) is 14.2 Å². The van der Waals surface area contributed by atoms with Gasteiger partial charge in [-0.1, -0.05) is 35.4 Å². The third-order valence-electron chi connectivity index (χ3n) is 7.85. The van der Waals surface area contributed by atoms with E-state index in [4.69, 9.17) is 14.2 Å². The van der Waals surface area contributed by atoms with Crippen molar-refractivity contribution >= 4 is 39.5 Å².